The third-order valence-corrected chi connectivity index (χ3v) is 4.13. The Morgan fingerprint density at radius 2 is 1.75 bits per heavy atom. The lowest BCUT2D eigenvalue weighted by atomic mass is 10.1. The van der Waals surface area contributed by atoms with Gasteiger partial charge in [0.05, 0.1) is 28.7 Å². The number of benzene rings is 1. The molecule has 3 aromatic rings. The molecule has 0 spiro atoms. The third-order valence-electron chi connectivity index (χ3n) is 4.13. The number of anilines is 1. The first kappa shape index (κ1) is 14.3. The highest BCUT2D eigenvalue weighted by atomic mass is 16.2. The zero-order chi connectivity index (χ0) is 16.8. The standard InChI is InChI=1S/C18H14N4O2/c1-10-6-15(19)21-14-7-11(8-20-16(10)14)9-22-17(23)12-4-2-3-5-13(12)18(22)24/h2-8H,9H2,1H3,(H2,19,21). The van der Waals surface area contributed by atoms with E-state index in [2.05, 4.69) is 9.97 Å². The highest BCUT2D eigenvalue weighted by molar-refractivity contribution is 6.21. The Kier molecular flexibility index (Phi) is 3.06. The van der Waals surface area contributed by atoms with Gasteiger partial charge in [0.2, 0.25) is 0 Å². The van der Waals surface area contributed by atoms with Crippen molar-refractivity contribution in [2.75, 3.05) is 5.73 Å². The molecule has 2 N–H and O–H groups in total. The molecular weight excluding hydrogens is 304 g/mol. The topological polar surface area (TPSA) is 89.2 Å². The molecular formula is C18H14N4O2. The average molecular weight is 318 g/mol. The van der Waals surface area contributed by atoms with E-state index in [1.165, 1.54) is 4.90 Å². The van der Waals surface area contributed by atoms with Crippen molar-refractivity contribution >= 4 is 28.7 Å². The van der Waals surface area contributed by atoms with Gasteiger partial charge in [-0.1, -0.05) is 12.1 Å². The zero-order valence-electron chi connectivity index (χ0n) is 13.0. The van der Waals surface area contributed by atoms with Crippen LogP contribution in [0.5, 0.6) is 0 Å². The molecule has 1 aromatic carbocycles. The first-order chi connectivity index (χ1) is 11.5. The van der Waals surface area contributed by atoms with Crippen molar-refractivity contribution in [3.05, 3.63) is 64.8 Å². The van der Waals surface area contributed by atoms with Crippen molar-refractivity contribution in [2.45, 2.75) is 13.5 Å². The van der Waals surface area contributed by atoms with Crippen LogP contribution in [0.1, 0.15) is 31.8 Å². The molecule has 0 fully saturated rings. The minimum absolute atomic E-state index is 0.158. The van der Waals surface area contributed by atoms with Gasteiger partial charge in [0.25, 0.3) is 11.8 Å². The van der Waals surface area contributed by atoms with E-state index >= 15 is 0 Å². The van der Waals surface area contributed by atoms with Crippen LogP contribution in [-0.4, -0.2) is 26.7 Å². The second kappa shape index (κ2) is 5.13. The summed E-state index contributed by atoms with van der Waals surface area (Å²) in [6.07, 6.45) is 1.66. The van der Waals surface area contributed by atoms with Crippen LogP contribution in [0.3, 0.4) is 0 Å². The second-order valence-corrected chi connectivity index (χ2v) is 5.82. The zero-order valence-corrected chi connectivity index (χ0v) is 13.0. The Labute approximate surface area is 137 Å². The molecule has 2 amide bonds. The summed E-state index contributed by atoms with van der Waals surface area (Å²) in [6, 6.07) is 10.4. The van der Waals surface area contributed by atoms with Crippen LogP contribution in [0, 0.1) is 6.92 Å². The maximum Gasteiger partial charge on any atom is 0.261 e. The van der Waals surface area contributed by atoms with Gasteiger partial charge in [0.1, 0.15) is 5.82 Å². The predicted molar refractivity (Wildman–Crippen MR) is 89.3 cm³/mol. The van der Waals surface area contributed by atoms with Gasteiger partial charge in [-0.15, -0.1) is 0 Å². The number of fused-ring (bicyclic) bond motifs is 2. The van der Waals surface area contributed by atoms with Gasteiger partial charge >= 0.3 is 0 Å². The molecule has 24 heavy (non-hydrogen) atoms. The lowest BCUT2D eigenvalue weighted by molar-refractivity contribution is 0.0642. The Hall–Kier alpha value is -3.28. The lowest BCUT2D eigenvalue weighted by Gasteiger charge is -2.14. The maximum atomic E-state index is 12.4. The number of hydrogen-bond acceptors (Lipinski definition) is 5. The molecule has 0 bridgehead atoms. The number of rotatable bonds is 2. The Bertz CT molecular complexity index is 978. The lowest BCUT2D eigenvalue weighted by Crippen LogP contribution is -2.29. The summed E-state index contributed by atoms with van der Waals surface area (Å²) in [5.74, 6) is -0.153. The Morgan fingerprint density at radius 3 is 2.42 bits per heavy atom. The molecule has 0 radical (unpaired) electrons. The van der Waals surface area contributed by atoms with Crippen molar-refractivity contribution in [1.82, 2.24) is 14.9 Å². The molecule has 3 heterocycles. The van der Waals surface area contributed by atoms with E-state index in [4.69, 9.17) is 5.73 Å². The van der Waals surface area contributed by atoms with Crippen molar-refractivity contribution < 1.29 is 9.59 Å². The molecule has 6 heteroatoms. The predicted octanol–water partition coefficient (Wildman–Crippen LogP) is 2.32. The van der Waals surface area contributed by atoms with E-state index in [1.807, 2.05) is 13.0 Å². The molecule has 0 aliphatic carbocycles. The SMILES string of the molecule is Cc1cc(N)nc2cc(CN3C(=O)c4ccccc4C3=O)cnc12. The number of aryl methyl sites for hydroxylation is 1. The molecule has 4 rings (SSSR count). The van der Waals surface area contributed by atoms with Crippen molar-refractivity contribution in [3.63, 3.8) is 0 Å². The number of hydrogen-bond donors (Lipinski definition) is 1. The average Bonchev–Trinajstić information content (AvgIpc) is 2.80. The van der Waals surface area contributed by atoms with E-state index in [1.54, 1.807) is 36.5 Å². The molecule has 0 saturated heterocycles. The number of pyridine rings is 2. The summed E-state index contributed by atoms with van der Waals surface area (Å²) in [5, 5.41) is 0. The minimum atomic E-state index is -0.285. The fourth-order valence-corrected chi connectivity index (χ4v) is 3.00. The molecule has 1 aliphatic heterocycles. The fraction of sp³-hybridized carbons (Fsp3) is 0.111. The van der Waals surface area contributed by atoms with Crippen molar-refractivity contribution in [3.8, 4) is 0 Å². The quantitative estimate of drug-likeness (QED) is 0.732. The molecule has 1 aliphatic rings. The monoisotopic (exact) mass is 318 g/mol. The van der Waals surface area contributed by atoms with Gasteiger partial charge in [-0.3, -0.25) is 19.5 Å². The summed E-state index contributed by atoms with van der Waals surface area (Å²) in [5.41, 5.74) is 9.74. The van der Waals surface area contributed by atoms with Crippen LogP contribution < -0.4 is 5.73 Å². The van der Waals surface area contributed by atoms with Gasteiger partial charge in [0, 0.05) is 6.20 Å². The van der Waals surface area contributed by atoms with Crippen molar-refractivity contribution in [2.24, 2.45) is 0 Å². The number of amides is 2. The molecule has 0 atom stereocenters. The van der Waals surface area contributed by atoms with E-state index in [9.17, 15) is 9.59 Å². The fourth-order valence-electron chi connectivity index (χ4n) is 3.00. The van der Waals surface area contributed by atoms with Crippen molar-refractivity contribution in [1.29, 1.82) is 0 Å². The van der Waals surface area contributed by atoms with E-state index < -0.39 is 0 Å². The number of imide groups is 1. The summed E-state index contributed by atoms with van der Waals surface area (Å²) in [6.45, 7) is 2.07. The van der Waals surface area contributed by atoms with Gasteiger partial charge in [0.15, 0.2) is 0 Å². The minimum Gasteiger partial charge on any atom is -0.384 e. The second-order valence-electron chi connectivity index (χ2n) is 5.82. The smallest absolute Gasteiger partial charge is 0.261 e. The number of nitrogens with zero attached hydrogens (tertiary/aromatic N) is 3. The number of carbonyl (C=O) groups excluding carboxylic acids is 2. The highest BCUT2D eigenvalue weighted by Gasteiger charge is 2.35. The van der Waals surface area contributed by atoms with Gasteiger partial charge in [-0.05, 0) is 42.3 Å². The van der Waals surface area contributed by atoms with E-state index in [-0.39, 0.29) is 18.4 Å². The van der Waals surface area contributed by atoms with Crippen LogP contribution in [0.4, 0.5) is 5.82 Å². The normalized spacial score (nSPS) is 13.6. The third kappa shape index (κ3) is 2.11. The molecule has 0 unspecified atom stereocenters. The van der Waals surface area contributed by atoms with Crippen LogP contribution in [-0.2, 0) is 6.54 Å². The Morgan fingerprint density at radius 1 is 1.08 bits per heavy atom. The number of carbonyl (C=O) groups is 2. The number of nitrogen functional groups attached to an aromatic ring is 1. The number of aromatic nitrogens is 2. The molecule has 2 aromatic heterocycles. The Balaban J connectivity index is 1.71. The van der Waals surface area contributed by atoms with Gasteiger partial charge in [-0.25, -0.2) is 4.98 Å². The largest absolute Gasteiger partial charge is 0.384 e. The number of nitrogens with two attached hydrogens (primary N) is 1. The van der Waals surface area contributed by atoms with Crippen LogP contribution in [0.15, 0.2) is 42.6 Å². The summed E-state index contributed by atoms with van der Waals surface area (Å²) < 4.78 is 0. The molecule has 118 valence electrons. The van der Waals surface area contributed by atoms with Crippen LogP contribution >= 0.6 is 0 Å². The summed E-state index contributed by atoms with van der Waals surface area (Å²) in [7, 11) is 0. The highest BCUT2D eigenvalue weighted by Crippen LogP contribution is 2.25. The van der Waals surface area contributed by atoms with Gasteiger partial charge < -0.3 is 5.73 Å². The maximum absolute atomic E-state index is 12.4. The van der Waals surface area contributed by atoms with Crippen LogP contribution in [0.2, 0.25) is 0 Å². The first-order valence-corrected chi connectivity index (χ1v) is 7.51. The van der Waals surface area contributed by atoms with E-state index in [0.29, 0.717) is 22.5 Å². The summed E-state index contributed by atoms with van der Waals surface area (Å²) >= 11 is 0. The van der Waals surface area contributed by atoms with Crippen LogP contribution in [0.25, 0.3) is 11.0 Å². The summed E-state index contributed by atoms with van der Waals surface area (Å²) in [4.78, 5) is 34.8. The molecule has 0 saturated carbocycles. The first-order valence-electron chi connectivity index (χ1n) is 7.51. The van der Waals surface area contributed by atoms with Gasteiger partial charge in [-0.2, -0.15) is 0 Å². The molecule has 6 nitrogen and oxygen atoms in total. The van der Waals surface area contributed by atoms with E-state index in [0.717, 1.165) is 16.6 Å².